The fourth-order valence-corrected chi connectivity index (χ4v) is 0.733. The van der Waals surface area contributed by atoms with Gasteiger partial charge in [0.2, 0.25) is 0 Å². The fourth-order valence-electron chi connectivity index (χ4n) is 0.327. The van der Waals surface area contributed by atoms with Gasteiger partial charge in [-0.05, 0) is 0 Å². The normalized spacial score (nSPS) is 15.9. The van der Waals surface area contributed by atoms with Crippen LogP contribution in [0.2, 0.25) is 0 Å². The Labute approximate surface area is 117 Å². The van der Waals surface area contributed by atoms with E-state index in [4.69, 9.17) is 5.14 Å². The minimum absolute atomic E-state index is 0. The van der Waals surface area contributed by atoms with Crippen LogP contribution >= 0.6 is 0 Å². The van der Waals surface area contributed by atoms with Crippen molar-refractivity contribution in [2.75, 3.05) is 0 Å². The molecule has 0 aromatic carbocycles. The number of hydrogen-bond donors (Lipinski definition) is 0. The summed E-state index contributed by atoms with van der Waals surface area (Å²) >= 11 is 0. The summed E-state index contributed by atoms with van der Waals surface area (Å²) in [7, 11) is -6.16. The second-order valence-electron chi connectivity index (χ2n) is 1.97. The molecule has 11 heteroatoms. The first kappa shape index (κ1) is 17.5. The van der Waals surface area contributed by atoms with E-state index < -0.39 is 27.6 Å². The summed E-state index contributed by atoms with van der Waals surface area (Å²) in [4.78, 5) is 0. The Morgan fingerprint density at radius 2 is 1.36 bits per heavy atom. The van der Waals surface area contributed by atoms with Crippen LogP contribution in [-0.2, 0) is 10.0 Å². The van der Waals surface area contributed by atoms with E-state index in [0.29, 0.717) is 0 Å². The Bertz CT molecular complexity index is 286. The Morgan fingerprint density at radius 1 is 1.07 bits per heavy atom. The molecule has 1 atom stereocenters. The summed E-state index contributed by atoms with van der Waals surface area (Å²) in [6, 6.07) is 0. The van der Waals surface area contributed by atoms with Crippen LogP contribution in [0.15, 0.2) is 0 Å². The predicted octanol–water partition coefficient (Wildman–Crippen LogP) is -1.13. The van der Waals surface area contributed by atoms with Crippen LogP contribution in [0.1, 0.15) is 0 Å². The zero-order valence-corrected chi connectivity index (χ0v) is 10.5. The average molecular weight is 269 g/mol. The molecule has 0 aliphatic rings. The largest absolute Gasteiger partial charge is 1.00 e. The van der Waals surface area contributed by atoms with Crippen LogP contribution < -0.4 is 51.4 Å². The van der Waals surface area contributed by atoms with Gasteiger partial charge < -0.3 is 5.14 Å². The maximum absolute atomic E-state index is 11.9. The first-order chi connectivity index (χ1) is 5.40. The van der Waals surface area contributed by atoms with Gasteiger partial charge in [0.25, 0.3) is 6.17 Å². The standard InChI is InChI=1S/C3H2F6NO2S.K/c4-1(2(5,6)7)3(8,9)13(10,11)12;/h1H,(H-,10,11,12);/q-1;+1. The number of hydrogen-bond acceptors (Lipinski definition) is 2. The molecular weight excluding hydrogens is 267 g/mol. The van der Waals surface area contributed by atoms with Gasteiger partial charge in [0.15, 0.2) is 0 Å². The van der Waals surface area contributed by atoms with Crippen molar-refractivity contribution in [3.05, 3.63) is 5.14 Å². The molecular formula is C3H2F6KNO2S. The summed E-state index contributed by atoms with van der Waals surface area (Å²) in [5.74, 6) is 0. The zero-order valence-electron chi connectivity index (χ0n) is 6.57. The molecule has 1 N–H and O–H groups in total. The fraction of sp³-hybridized carbons (Fsp3) is 1.00. The number of sulfonamides is 1. The van der Waals surface area contributed by atoms with E-state index in [2.05, 4.69) is 0 Å². The number of halogens is 6. The quantitative estimate of drug-likeness (QED) is 0.470. The molecule has 0 bridgehead atoms. The minimum atomic E-state index is -6.16. The van der Waals surface area contributed by atoms with Gasteiger partial charge in [-0.15, -0.1) is 0 Å². The predicted molar refractivity (Wildman–Crippen MR) is 29.1 cm³/mol. The first-order valence-electron chi connectivity index (χ1n) is 2.48. The topological polar surface area (TPSA) is 57.9 Å². The van der Waals surface area contributed by atoms with Crippen molar-refractivity contribution in [3.63, 3.8) is 0 Å². The number of alkyl halides is 6. The summed E-state index contributed by atoms with van der Waals surface area (Å²) in [5, 5.41) is -0.145. The first-order valence-corrected chi connectivity index (χ1v) is 3.97. The number of rotatable bonds is 2. The molecule has 0 fully saturated rings. The van der Waals surface area contributed by atoms with E-state index in [1.54, 1.807) is 0 Å². The van der Waals surface area contributed by atoms with E-state index in [0.717, 1.165) is 0 Å². The van der Waals surface area contributed by atoms with Gasteiger partial charge in [-0.1, -0.05) is 0 Å². The van der Waals surface area contributed by atoms with Gasteiger partial charge in [-0.2, -0.15) is 22.0 Å². The van der Waals surface area contributed by atoms with Crippen molar-refractivity contribution < 1.29 is 86.1 Å². The molecule has 0 aromatic heterocycles. The molecule has 80 valence electrons. The molecule has 0 heterocycles. The molecule has 0 aliphatic heterocycles. The van der Waals surface area contributed by atoms with Crippen LogP contribution in [0.4, 0.5) is 26.3 Å². The average Bonchev–Trinajstić information content (AvgIpc) is 1.81. The Hall–Kier alpha value is 1.13. The van der Waals surface area contributed by atoms with Gasteiger partial charge in [0.05, 0.1) is 0 Å². The smallest absolute Gasteiger partial charge is 0.559 e. The summed E-state index contributed by atoms with van der Waals surface area (Å²) in [6.07, 6.45) is -10.9. The van der Waals surface area contributed by atoms with E-state index in [1.165, 1.54) is 0 Å². The second-order valence-corrected chi connectivity index (χ2v) is 3.52. The van der Waals surface area contributed by atoms with Crippen LogP contribution in [-0.4, -0.2) is 26.0 Å². The van der Waals surface area contributed by atoms with Gasteiger partial charge in [0, 0.05) is 0 Å². The van der Waals surface area contributed by atoms with Crippen LogP contribution in [0.5, 0.6) is 0 Å². The monoisotopic (exact) mass is 269 g/mol. The third kappa shape index (κ3) is 3.94. The van der Waals surface area contributed by atoms with E-state index in [1.807, 2.05) is 0 Å². The van der Waals surface area contributed by atoms with Crippen molar-refractivity contribution in [3.8, 4) is 0 Å². The van der Waals surface area contributed by atoms with Gasteiger partial charge in [0.1, 0.15) is 10.0 Å². The minimum Gasteiger partial charge on any atom is -0.559 e. The van der Waals surface area contributed by atoms with Crippen molar-refractivity contribution >= 4 is 10.0 Å². The Morgan fingerprint density at radius 3 is 1.43 bits per heavy atom. The van der Waals surface area contributed by atoms with Crippen molar-refractivity contribution in [2.45, 2.75) is 17.6 Å². The summed E-state index contributed by atoms with van der Waals surface area (Å²) in [5.41, 5.74) is 0. The van der Waals surface area contributed by atoms with Crippen LogP contribution in [0.25, 0.3) is 5.14 Å². The molecule has 14 heavy (non-hydrogen) atoms. The van der Waals surface area contributed by atoms with E-state index in [-0.39, 0.29) is 51.4 Å². The van der Waals surface area contributed by atoms with Gasteiger partial charge in [-0.3, -0.25) is 0 Å². The number of nitrogens with one attached hydrogen (secondary N) is 1. The van der Waals surface area contributed by atoms with Gasteiger partial charge in [-0.25, -0.2) is 12.8 Å². The molecule has 1 unspecified atom stereocenters. The Kier molecular flexibility index (Phi) is 6.22. The third-order valence-corrected chi connectivity index (χ3v) is 1.86. The van der Waals surface area contributed by atoms with Gasteiger partial charge >= 0.3 is 62.8 Å². The zero-order chi connectivity index (χ0) is 11.1. The molecule has 0 aliphatic carbocycles. The molecule has 0 aromatic rings. The van der Waals surface area contributed by atoms with Crippen LogP contribution in [0, 0.1) is 0 Å². The second kappa shape index (κ2) is 4.97. The van der Waals surface area contributed by atoms with Crippen LogP contribution in [0.3, 0.4) is 0 Å². The van der Waals surface area contributed by atoms with Crippen molar-refractivity contribution in [1.29, 1.82) is 0 Å². The summed E-state index contributed by atoms with van der Waals surface area (Å²) < 4.78 is 89.0. The van der Waals surface area contributed by atoms with Crippen molar-refractivity contribution in [1.82, 2.24) is 0 Å². The molecule has 0 rings (SSSR count). The molecule has 0 amide bonds. The van der Waals surface area contributed by atoms with E-state index >= 15 is 0 Å². The SMILES string of the molecule is [K+].[NH-]S(=O)(=O)C(F)(F)C(F)C(F)(F)F. The molecule has 0 saturated carbocycles. The maximum Gasteiger partial charge on any atom is 1.00 e. The van der Waals surface area contributed by atoms with E-state index in [9.17, 15) is 34.8 Å². The third-order valence-electron chi connectivity index (χ3n) is 0.941. The molecule has 0 radical (unpaired) electrons. The maximum atomic E-state index is 11.9. The van der Waals surface area contributed by atoms with Crippen molar-refractivity contribution in [2.24, 2.45) is 0 Å². The molecule has 3 nitrogen and oxygen atoms in total. The molecule has 0 spiro atoms. The Balaban J connectivity index is 0. The molecule has 0 saturated heterocycles. The summed E-state index contributed by atoms with van der Waals surface area (Å²) in [6.45, 7) is 0.